The first kappa shape index (κ1) is 17.7. The highest BCUT2D eigenvalue weighted by Gasteiger charge is 2.01. The van der Waals surface area contributed by atoms with Crippen LogP contribution in [0.2, 0.25) is 0 Å². The fraction of sp³-hybridized carbons (Fsp3) is 0.0625. The van der Waals surface area contributed by atoms with E-state index in [1.165, 1.54) is 43.3 Å². The Morgan fingerprint density at radius 2 is 1.17 bits per heavy atom. The molecule has 0 unspecified atom stereocenters. The van der Waals surface area contributed by atoms with Crippen molar-refractivity contribution in [1.29, 1.82) is 0 Å². The zero-order valence-corrected chi connectivity index (χ0v) is 12.2. The van der Waals surface area contributed by atoms with Gasteiger partial charge in [-0.15, -0.1) is 0 Å². The Balaban J connectivity index is 0.000000238. The predicted octanol–water partition coefficient (Wildman–Crippen LogP) is 2.43. The number of carboxylic acid groups (broad SMARTS) is 2. The van der Waals surface area contributed by atoms with Crippen molar-refractivity contribution in [2.75, 3.05) is 5.32 Å². The maximum atomic E-state index is 10.6. The smallest absolute Gasteiger partial charge is 0.335 e. The molecule has 0 aromatic heterocycles. The lowest BCUT2D eigenvalue weighted by Crippen LogP contribution is -2.05. The summed E-state index contributed by atoms with van der Waals surface area (Å²) in [7, 11) is 0. The minimum atomic E-state index is -0.986. The Bertz CT molecular complexity index is 692. The third-order valence-corrected chi connectivity index (χ3v) is 2.57. The third-order valence-electron chi connectivity index (χ3n) is 2.57. The Hall–Kier alpha value is -3.35. The number of rotatable bonds is 3. The molecule has 4 N–H and O–H groups in total. The second-order valence-corrected chi connectivity index (χ2v) is 4.42. The van der Waals surface area contributed by atoms with E-state index in [2.05, 4.69) is 5.32 Å². The average molecular weight is 317 g/mol. The minimum Gasteiger partial charge on any atom is -0.508 e. The van der Waals surface area contributed by atoms with Gasteiger partial charge in [0.2, 0.25) is 5.91 Å². The molecule has 0 saturated heterocycles. The van der Waals surface area contributed by atoms with E-state index in [0.29, 0.717) is 5.69 Å². The topological polar surface area (TPSA) is 124 Å². The van der Waals surface area contributed by atoms with E-state index in [1.807, 2.05) is 0 Å². The summed E-state index contributed by atoms with van der Waals surface area (Å²) in [4.78, 5) is 31.3. The molecule has 0 aliphatic rings. The fourth-order valence-corrected chi connectivity index (χ4v) is 1.50. The van der Waals surface area contributed by atoms with E-state index >= 15 is 0 Å². The van der Waals surface area contributed by atoms with E-state index in [-0.39, 0.29) is 22.8 Å². The number of benzene rings is 2. The van der Waals surface area contributed by atoms with Gasteiger partial charge in [-0.05, 0) is 48.5 Å². The van der Waals surface area contributed by atoms with Crippen molar-refractivity contribution in [3.8, 4) is 5.75 Å². The summed E-state index contributed by atoms with van der Waals surface area (Å²) in [6, 6.07) is 11.3. The Morgan fingerprint density at radius 3 is 1.52 bits per heavy atom. The number of phenolic OH excluding ortho intramolecular Hbond substituents is 1. The molecule has 2 aromatic carbocycles. The molecule has 0 saturated carbocycles. The van der Waals surface area contributed by atoms with Crippen molar-refractivity contribution in [3.63, 3.8) is 0 Å². The molecule has 0 atom stereocenters. The van der Waals surface area contributed by atoms with Crippen LogP contribution in [0, 0.1) is 0 Å². The molecule has 0 spiro atoms. The maximum Gasteiger partial charge on any atom is 0.335 e. The molecule has 23 heavy (non-hydrogen) atoms. The third kappa shape index (κ3) is 6.30. The molecule has 0 bridgehead atoms. The van der Waals surface area contributed by atoms with Gasteiger partial charge in [0, 0.05) is 12.6 Å². The standard InChI is InChI=1S/C9H9NO3.C7H6O3/c1-6(11)10-8-4-2-7(3-5-8)9(12)13;8-6-3-1-5(2-4-6)7(9)10/h2-5H,1H3,(H,10,11)(H,12,13);1-4,8H,(H,9,10). The summed E-state index contributed by atoms with van der Waals surface area (Å²) in [6.45, 7) is 1.39. The van der Waals surface area contributed by atoms with Crippen LogP contribution in [0.3, 0.4) is 0 Å². The van der Waals surface area contributed by atoms with Crippen molar-refractivity contribution in [3.05, 3.63) is 59.7 Å². The Kier molecular flexibility index (Phi) is 6.30. The van der Waals surface area contributed by atoms with Crippen molar-refractivity contribution in [1.82, 2.24) is 0 Å². The lowest BCUT2D eigenvalue weighted by atomic mass is 10.2. The predicted molar refractivity (Wildman–Crippen MR) is 82.8 cm³/mol. The number of carbonyl (C=O) groups is 3. The summed E-state index contributed by atoms with van der Waals surface area (Å²) in [6.07, 6.45) is 0. The number of hydrogen-bond acceptors (Lipinski definition) is 4. The molecule has 0 fully saturated rings. The van der Waals surface area contributed by atoms with Crippen LogP contribution < -0.4 is 5.32 Å². The van der Waals surface area contributed by atoms with E-state index in [0.717, 1.165) is 0 Å². The minimum absolute atomic E-state index is 0.0741. The summed E-state index contributed by atoms with van der Waals surface area (Å²) in [5, 5.41) is 28.2. The number of amides is 1. The molecule has 120 valence electrons. The van der Waals surface area contributed by atoms with Gasteiger partial charge in [-0.3, -0.25) is 4.79 Å². The SMILES string of the molecule is CC(=O)Nc1ccc(C(=O)O)cc1.O=C(O)c1ccc(O)cc1. The molecule has 0 heterocycles. The molecular weight excluding hydrogens is 302 g/mol. The molecule has 2 rings (SSSR count). The fourth-order valence-electron chi connectivity index (χ4n) is 1.50. The van der Waals surface area contributed by atoms with Gasteiger partial charge in [-0.25, -0.2) is 9.59 Å². The van der Waals surface area contributed by atoms with Crippen LogP contribution in [0.4, 0.5) is 5.69 Å². The van der Waals surface area contributed by atoms with Crippen LogP contribution in [0.5, 0.6) is 5.75 Å². The highest BCUT2D eigenvalue weighted by atomic mass is 16.4. The molecular formula is C16H15NO6. The second kappa shape index (κ2) is 8.18. The Labute approximate surface area is 131 Å². The van der Waals surface area contributed by atoms with Gasteiger partial charge in [0.1, 0.15) is 5.75 Å². The van der Waals surface area contributed by atoms with E-state index in [9.17, 15) is 14.4 Å². The van der Waals surface area contributed by atoms with Gasteiger partial charge in [0.05, 0.1) is 11.1 Å². The van der Waals surface area contributed by atoms with Crippen molar-refractivity contribution >= 4 is 23.5 Å². The monoisotopic (exact) mass is 317 g/mol. The van der Waals surface area contributed by atoms with Crippen LogP contribution in [-0.2, 0) is 4.79 Å². The van der Waals surface area contributed by atoms with Crippen LogP contribution in [0.1, 0.15) is 27.6 Å². The second-order valence-electron chi connectivity index (χ2n) is 4.42. The largest absolute Gasteiger partial charge is 0.508 e. The van der Waals surface area contributed by atoms with Gasteiger partial charge >= 0.3 is 11.9 Å². The number of carbonyl (C=O) groups excluding carboxylic acids is 1. The van der Waals surface area contributed by atoms with E-state index in [4.69, 9.17) is 15.3 Å². The van der Waals surface area contributed by atoms with Gasteiger partial charge in [-0.2, -0.15) is 0 Å². The average Bonchev–Trinajstić information content (AvgIpc) is 2.48. The van der Waals surface area contributed by atoms with Crippen molar-refractivity contribution < 1.29 is 29.7 Å². The summed E-state index contributed by atoms with van der Waals surface area (Å²) < 4.78 is 0. The summed E-state index contributed by atoms with van der Waals surface area (Å²) in [5.41, 5.74) is 0.976. The van der Waals surface area contributed by atoms with Crippen LogP contribution in [0.25, 0.3) is 0 Å². The van der Waals surface area contributed by atoms with Crippen molar-refractivity contribution in [2.45, 2.75) is 6.92 Å². The zero-order valence-electron chi connectivity index (χ0n) is 12.2. The maximum absolute atomic E-state index is 10.6. The quantitative estimate of drug-likeness (QED) is 0.689. The van der Waals surface area contributed by atoms with Crippen molar-refractivity contribution in [2.24, 2.45) is 0 Å². The highest BCUT2D eigenvalue weighted by Crippen LogP contribution is 2.09. The highest BCUT2D eigenvalue weighted by molar-refractivity contribution is 5.91. The van der Waals surface area contributed by atoms with Crippen LogP contribution >= 0.6 is 0 Å². The molecule has 2 aromatic rings. The molecule has 0 radical (unpaired) electrons. The molecule has 0 aliphatic heterocycles. The molecule has 7 nitrogen and oxygen atoms in total. The van der Waals surface area contributed by atoms with Gasteiger partial charge in [0.25, 0.3) is 0 Å². The normalized spacial score (nSPS) is 9.26. The number of carboxylic acids is 2. The van der Waals surface area contributed by atoms with Crippen LogP contribution in [-0.4, -0.2) is 33.2 Å². The lowest BCUT2D eigenvalue weighted by molar-refractivity contribution is -0.114. The summed E-state index contributed by atoms with van der Waals surface area (Å²) in [5.74, 6) is -2.07. The molecule has 7 heteroatoms. The van der Waals surface area contributed by atoms with Gasteiger partial charge in [-0.1, -0.05) is 0 Å². The molecule has 1 amide bonds. The number of nitrogens with one attached hydrogen (secondary N) is 1. The number of aromatic hydroxyl groups is 1. The first-order chi connectivity index (χ1) is 10.8. The number of hydrogen-bond donors (Lipinski definition) is 4. The van der Waals surface area contributed by atoms with E-state index < -0.39 is 11.9 Å². The van der Waals surface area contributed by atoms with Crippen LogP contribution in [0.15, 0.2) is 48.5 Å². The summed E-state index contributed by atoms with van der Waals surface area (Å²) >= 11 is 0. The van der Waals surface area contributed by atoms with Gasteiger partial charge < -0.3 is 20.6 Å². The lowest BCUT2D eigenvalue weighted by Gasteiger charge is -2.01. The number of anilines is 1. The number of phenols is 1. The Morgan fingerprint density at radius 1 is 0.783 bits per heavy atom. The molecule has 0 aliphatic carbocycles. The van der Waals surface area contributed by atoms with E-state index in [1.54, 1.807) is 12.1 Å². The first-order valence-corrected chi connectivity index (χ1v) is 6.43. The zero-order chi connectivity index (χ0) is 17.4. The number of aromatic carboxylic acids is 2. The van der Waals surface area contributed by atoms with Gasteiger partial charge in [0.15, 0.2) is 0 Å². The first-order valence-electron chi connectivity index (χ1n) is 6.43.